The van der Waals surface area contributed by atoms with Crippen LogP contribution in [0.5, 0.6) is 11.5 Å². The van der Waals surface area contributed by atoms with E-state index in [1.807, 2.05) is 6.92 Å². The minimum atomic E-state index is -1.60. The molecule has 5 nitrogen and oxygen atoms in total. The number of hydrogen-bond acceptors (Lipinski definition) is 5. The van der Waals surface area contributed by atoms with E-state index < -0.39 is 7.12 Å². The Labute approximate surface area is 94.7 Å². The van der Waals surface area contributed by atoms with Gasteiger partial charge in [-0.2, -0.15) is 0 Å². The van der Waals surface area contributed by atoms with E-state index in [-0.39, 0.29) is 12.3 Å². The predicted molar refractivity (Wildman–Crippen MR) is 59.9 cm³/mol. The lowest BCUT2D eigenvalue weighted by Gasteiger charge is -2.14. The van der Waals surface area contributed by atoms with Gasteiger partial charge in [-0.3, -0.25) is 0 Å². The third kappa shape index (κ3) is 3.13. The number of methoxy groups -OCH3 is 1. The van der Waals surface area contributed by atoms with Gasteiger partial charge in [0, 0.05) is 12.6 Å². The summed E-state index contributed by atoms with van der Waals surface area (Å²) in [6.07, 6.45) is 0. The summed E-state index contributed by atoms with van der Waals surface area (Å²) >= 11 is 0. The van der Waals surface area contributed by atoms with Crippen molar-refractivity contribution in [2.24, 2.45) is 0 Å². The molecular formula is C10H15BO5. The first-order chi connectivity index (χ1) is 7.70. The maximum absolute atomic E-state index is 9.18. The SMILES string of the molecule is CCOc1cccc(B(O)O)c1OCOC. The molecule has 0 aliphatic rings. The Balaban J connectivity index is 3.02. The van der Waals surface area contributed by atoms with Gasteiger partial charge in [-0.1, -0.05) is 12.1 Å². The van der Waals surface area contributed by atoms with Crippen LogP contribution in [0.3, 0.4) is 0 Å². The third-order valence-electron chi connectivity index (χ3n) is 1.91. The van der Waals surface area contributed by atoms with Crippen LogP contribution in [-0.4, -0.2) is 37.7 Å². The van der Waals surface area contributed by atoms with Crippen LogP contribution in [0.15, 0.2) is 18.2 Å². The summed E-state index contributed by atoms with van der Waals surface area (Å²) in [7, 11) is -0.120. The van der Waals surface area contributed by atoms with Crippen LogP contribution >= 0.6 is 0 Å². The fourth-order valence-electron chi connectivity index (χ4n) is 1.28. The molecule has 0 saturated heterocycles. The second-order valence-electron chi connectivity index (χ2n) is 3.03. The third-order valence-corrected chi connectivity index (χ3v) is 1.91. The molecule has 0 saturated carbocycles. The number of hydrogen-bond donors (Lipinski definition) is 2. The van der Waals surface area contributed by atoms with Gasteiger partial charge in [0.05, 0.1) is 6.61 Å². The molecule has 16 heavy (non-hydrogen) atoms. The first kappa shape index (κ1) is 12.8. The minimum Gasteiger partial charge on any atom is -0.490 e. The van der Waals surface area contributed by atoms with Crippen molar-refractivity contribution in [3.05, 3.63) is 18.2 Å². The van der Waals surface area contributed by atoms with Gasteiger partial charge in [0.15, 0.2) is 18.3 Å². The number of para-hydroxylation sites is 1. The molecule has 0 unspecified atom stereocenters. The van der Waals surface area contributed by atoms with Gasteiger partial charge >= 0.3 is 7.12 Å². The molecule has 88 valence electrons. The van der Waals surface area contributed by atoms with E-state index in [0.717, 1.165) is 0 Å². The lowest BCUT2D eigenvalue weighted by Crippen LogP contribution is -2.32. The van der Waals surface area contributed by atoms with Gasteiger partial charge in [0.2, 0.25) is 0 Å². The first-order valence-electron chi connectivity index (χ1n) is 4.94. The van der Waals surface area contributed by atoms with Crippen molar-refractivity contribution < 1.29 is 24.3 Å². The topological polar surface area (TPSA) is 68.2 Å². The highest BCUT2D eigenvalue weighted by molar-refractivity contribution is 6.59. The molecular weight excluding hydrogens is 211 g/mol. The largest absolute Gasteiger partial charge is 0.492 e. The number of benzene rings is 1. The molecule has 0 aliphatic heterocycles. The van der Waals surface area contributed by atoms with Crippen molar-refractivity contribution in [3.8, 4) is 11.5 Å². The average molecular weight is 226 g/mol. The molecule has 2 N–H and O–H groups in total. The van der Waals surface area contributed by atoms with Crippen molar-refractivity contribution in [2.45, 2.75) is 6.92 Å². The normalized spacial score (nSPS) is 10.0. The van der Waals surface area contributed by atoms with Gasteiger partial charge in [-0.05, 0) is 13.0 Å². The zero-order chi connectivity index (χ0) is 12.0. The molecule has 0 atom stereocenters. The van der Waals surface area contributed by atoms with Crippen LogP contribution in [0.1, 0.15) is 6.92 Å². The molecule has 0 aliphatic carbocycles. The first-order valence-corrected chi connectivity index (χ1v) is 4.94. The van der Waals surface area contributed by atoms with E-state index in [0.29, 0.717) is 18.1 Å². The molecule has 1 rings (SSSR count). The number of ether oxygens (including phenoxy) is 3. The van der Waals surface area contributed by atoms with Crippen LogP contribution in [-0.2, 0) is 4.74 Å². The van der Waals surface area contributed by atoms with Gasteiger partial charge in [0.1, 0.15) is 0 Å². The summed E-state index contributed by atoms with van der Waals surface area (Å²) in [5.41, 5.74) is 0.253. The highest BCUT2D eigenvalue weighted by Gasteiger charge is 2.20. The average Bonchev–Trinajstić information content (AvgIpc) is 2.27. The van der Waals surface area contributed by atoms with Crippen LogP contribution < -0.4 is 14.9 Å². The summed E-state index contributed by atoms with van der Waals surface area (Å²) in [4.78, 5) is 0. The maximum Gasteiger partial charge on any atom is 0.492 e. The Morgan fingerprint density at radius 2 is 2.00 bits per heavy atom. The standard InChI is InChI=1S/C10H15BO5/c1-3-15-9-6-4-5-8(11(12)13)10(9)16-7-14-2/h4-6,12-13H,3,7H2,1-2H3. The molecule has 0 fully saturated rings. The van der Waals surface area contributed by atoms with Crippen molar-refractivity contribution in [3.63, 3.8) is 0 Å². The molecule has 1 aromatic rings. The molecule has 0 spiro atoms. The zero-order valence-electron chi connectivity index (χ0n) is 9.34. The summed E-state index contributed by atoms with van der Waals surface area (Å²) < 4.78 is 15.4. The Kier molecular flexibility index (Phi) is 5.11. The monoisotopic (exact) mass is 226 g/mol. The van der Waals surface area contributed by atoms with E-state index in [1.165, 1.54) is 7.11 Å². The molecule has 0 radical (unpaired) electrons. The van der Waals surface area contributed by atoms with Crippen LogP contribution in [0.2, 0.25) is 0 Å². The van der Waals surface area contributed by atoms with E-state index in [2.05, 4.69) is 0 Å². The lowest BCUT2D eigenvalue weighted by atomic mass is 9.79. The Morgan fingerprint density at radius 1 is 1.25 bits per heavy atom. The maximum atomic E-state index is 9.18. The van der Waals surface area contributed by atoms with E-state index in [9.17, 15) is 10.0 Å². The quantitative estimate of drug-likeness (QED) is 0.517. The summed E-state index contributed by atoms with van der Waals surface area (Å²) in [6.45, 7) is 2.32. The van der Waals surface area contributed by atoms with Crippen LogP contribution in [0.4, 0.5) is 0 Å². The fourth-order valence-corrected chi connectivity index (χ4v) is 1.28. The minimum absolute atomic E-state index is 0.0177. The molecule has 6 heteroatoms. The highest BCUT2D eigenvalue weighted by Crippen LogP contribution is 2.24. The summed E-state index contributed by atoms with van der Waals surface area (Å²) in [5.74, 6) is 0.756. The van der Waals surface area contributed by atoms with Gasteiger partial charge in [-0.15, -0.1) is 0 Å². The molecule has 0 amide bonds. The second kappa shape index (κ2) is 6.37. The fraction of sp³-hybridized carbons (Fsp3) is 0.400. The molecule has 1 aromatic carbocycles. The van der Waals surface area contributed by atoms with E-state index in [4.69, 9.17) is 14.2 Å². The van der Waals surface area contributed by atoms with Crippen molar-refractivity contribution in [1.29, 1.82) is 0 Å². The van der Waals surface area contributed by atoms with E-state index >= 15 is 0 Å². The Morgan fingerprint density at radius 3 is 2.56 bits per heavy atom. The van der Waals surface area contributed by atoms with Crippen molar-refractivity contribution in [2.75, 3.05) is 20.5 Å². The molecule has 0 heterocycles. The predicted octanol–water partition coefficient (Wildman–Crippen LogP) is -0.252. The van der Waals surface area contributed by atoms with Crippen molar-refractivity contribution >= 4 is 12.6 Å². The van der Waals surface area contributed by atoms with Crippen LogP contribution in [0, 0.1) is 0 Å². The Hall–Kier alpha value is -1.24. The number of rotatable bonds is 6. The van der Waals surface area contributed by atoms with Crippen LogP contribution in [0.25, 0.3) is 0 Å². The lowest BCUT2D eigenvalue weighted by molar-refractivity contribution is 0.0493. The van der Waals surface area contributed by atoms with Gasteiger partial charge in [0.25, 0.3) is 0 Å². The zero-order valence-corrected chi connectivity index (χ0v) is 9.34. The van der Waals surface area contributed by atoms with E-state index in [1.54, 1.807) is 18.2 Å². The molecule has 0 bridgehead atoms. The van der Waals surface area contributed by atoms with Gasteiger partial charge < -0.3 is 24.3 Å². The molecule has 0 aromatic heterocycles. The smallest absolute Gasteiger partial charge is 0.490 e. The highest BCUT2D eigenvalue weighted by atomic mass is 16.7. The van der Waals surface area contributed by atoms with Gasteiger partial charge in [-0.25, -0.2) is 0 Å². The van der Waals surface area contributed by atoms with Crippen molar-refractivity contribution in [1.82, 2.24) is 0 Å². The summed E-state index contributed by atoms with van der Waals surface area (Å²) in [6, 6.07) is 4.91. The summed E-state index contributed by atoms with van der Waals surface area (Å²) in [5, 5.41) is 18.4. The Bertz CT molecular complexity index is 329. The second-order valence-corrected chi connectivity index (χ2v) is 3.03.